The van der Waals surface area contributed by atoms with Gasteiger partial charge in [-0.05, 0) is 42.8 Å². The highest BCUT2D eigenvalue weighted by Gasteiger charge is 2.10. The fourth-order valence-corrected chi connectivity index (χ4v) is 2.20. The SMILES string of the molecule is COc1cc(C)ccc1OCC(=O)Nc1cccc(NC(=O)C(C)C)c1. The van der Waals surface area contributed by atoms with Crippen LogP contribution in [0.5, 0.6) is 11.5 Å². The molecule has 0 aliphatic rings. The maximum absolute atomic E-state index is 12.1. The molecule has 6 nitrogen and oxygen atoms in total. The molecule has 0 unspecified atom stereocenters. The van der Waals surface area contributed by atoms with Crippen LogP contribution in [-0.4, -0.2) is 25.5 Å². The first-order valence-electron chi connectivity index (χ1n) is 8.37. The van der Waals surface area contributed by atoms with Crippen molar-refractivity contribution in [2.75, 3.05) is 24.4 Å². The summed E-state index contributed by atoms with van der Waals surface area (Å²) in [6.45, 7) is 5.43. The maximum Gasteiger partial charge on any atom is 0.262 e. The van der Waals surface area contributed by atoms with Crippen LogP contribution in [0.15, 0.2) is 42.5 Å². The van der Waals surface area contributed by atoms with Gasteiger partial charge in [0.25, 0.3) is 5.91 Å². The zero-order valence-corrected chi connectivity index (χ0v) is 15.5. The summed E-state index contributed by atoms with van der Waals surface area (Å²) in [6.07, 6.45) is 0. The third-order valence-corrected chi connectivity index (χ3v) is 3.62. The van der Waals surface area contributed by atoms with Crippen molar-refractivity contribution < 1.29 is 19.1 Å². The van der Waals surface area contributed by atoms with E-state index in [4.69, 9.17) is 9.47 Å². The van der Waals surface area contributed by atoms with E-state index in [-0.39, 0.29) is 24.3 Å². The molecule has 0 heterocycles. The summed E-state index contributed by atoms with van der Waals surface area (Å²) in [4.78, 5) is 23.9. The second kappa shape index (κ2) is 8.89. The number of nitrogens with one attached hydrogen (secondary N) is 2. The number of amides is 2. The van der Waals surface area contributed by atoms with Gasteiger partial charge in [-0.2, -0.15) is 0 Å². The maximum atomic E-state index is 12.1. The quantitative estimate of drug-likeness (QED) is 0.794. The fourth-order valence-electron chi connectivity index (χ4n) is 2.20. The third-order valence-electron chi connectivity index (χ3n) is 3.62. The number of carbonyl (C=O) groups excluding carboxylic acids is 2. The molecule has 2 aromatic rings. The number of hydrogen-bond donors (Lipinski definition) is 2. The highest BCUT2D eigenvalue weighted by Crippen LogP contribution is 2.27. The standard InChI is InChI=1S/C20H24N2O4/c1-13(2)20(24)22-16-7-5-6-15(11-16)21-19(23)12-26-17-9-8-14(3)10-18(17)25-4/h5-11,13H,12H2,1-4H3,(H,21,23)(H,22,24). The van der Waals surface area contributed by atoms with Crippen LogP contribution in [0.25, 0.3) is 0 Å². The van der Waals surface area contributed by atoms with Crippen LogP contribution in [0.1, 0.15) is 19.4 Å². The van der Waals surface area contributed by atoms with Gasteiger partial charge in [-0.1, -0.05) is 26.0 Å². The van der Waals surface area contributed by atoms with Gasteiger partial charge in [0, 0.05) is 17.3 Å². The molecule has 2 amide bonds. The average Bonchev–Trinajstić information content (AvgIpc) is 2.60. The van der Waals surface area contributed by atoms with E-state index in [2.05, 4.69) is 10.6 Å². The average molecular weight is 356 g/mol. The minimum Gasteiger partial charge on any atom is -0.493 e. The molecule has 2 aromatic carbocycles. The van der Waals surface area contributed by atoms with E-state index in [1.807, 2.05) is 32.9 Å². The minimum atomic E-state index is -0.306. The Morgan fingerprint density at radius 1 is 1.00 bits per heavy atom. The van der Waals surface area contributed by atoms with Crippen LogP contribution in [0, 0.1) is 12.8 Å². The Labute approximate surface area is 153 Å². The van der Waals surface area contributed by atoms with Crippen LogP contribution in [0.4, 0.5) is 11.4 Å². The van der Waals surface area contributed by atoms with Crippen molar-refractivity contribution in [1.82, 2.24) is 0 Å². The fraction of sp³-hybridized carbons (Fsp3) is 0.300. The van der Waals surface area contributed by atoms with Gasteiger partial charge in [-0.15, -0.1) is 0 Å². The number of methoxy groups -OCH3 is 1. The van der Waals surface area contributed by atoms with Crippen molar-refractivity contribution in [2.24, 2.45) is 5.92 Å². The molecule has 26 heavy (non-hydrogen) atoms. The molecule has 2 rings (SSSR count). The lowest BCUT2D eigenvalue weighted by molar-refractivity contribution is -0.119. The summed E-state index contributed by atoms with van der Waals surface area (Å²) in [5, 5.41) is 5.54. The Morgan fingerprint density at radius 2 is 1.69 bits per heavy atom. The number of hydrogen-bond acceptors (Lipinski definition) is 4. The summed E-state index contributed by atoms with van der Waals surface area (Å²) in [6, 6.07) is 12.5. The summed E-state index contributed by atoms with van der Waals surface area (Å²) in [7, 11) is 1.55. The molecule has 0 radical (unpaired) electrons. The van der Waals surface area contributed by atoms with Crippen LogP contribution < -0.4 is 20.1 Å². The number of ether oxygens (including phenoxy) is 2. The van der Waals surface area contributed by atoms with Gasteiger partial charge in [0.2, 0.25) is 5.91 Å². The lowest BCUT2D eigenvalue weighted by Gasteiger charge is -2.12. The molecule has 0 fully saturated rings. The number of anilines is 2. The van der Waals surface area contributed by atoms with Crippen LogP contribution in [0.2, 0.25) is 0 Å². The first-order valence-corrected chi connectivity index (χ1v) is 8.37. The second-order valence-electron chi connectivity index (χ2n) is 6.22. The van der Waals surface area contributed by atoms with E-state index < -0.39 is 0 Å². The Morgan fingerprint density at radius 3 is 2.35 bits per heavy atom. The van der Waals surface area contributed by atoms with E-state index in [1.54, 1.807) is 37.4 Å². The van der Waals surface area contributed by atoms with E-state index in [1.165, 1.54) is 0 Å². The molecule has 6 heteroatoms. The number of aryl methyl sites for hydroxylation is 1. The predicted octanol–water partition coefficient (Wildman–Crippen LogP) is 3.62. The van der Waals surface area contributed by atoms with Gasteiger partial charge in [0.05, 0.1) is 7.11 Å². The van der Waals surface area contributed by atoms with Crippen molar-refractivity contribution in [3.63, 3.8) is 0 Å². The lowest BCUT2D eigenvalue weighted by atomic mass is 10.2. The van der Waals surface area contributed by atoms with Crippen molar-refractivity contribution >= 4 is 23.2 Å². The number of benzene rings is 2. The zero-order chi connectivity index (χ0) is 19.1. The molecule has 0 saturated heterocycles. The van der Waals surface area contributed by atoms with Crippen LogP contribution in [0.3, 0.4) is 0 Å². The van der Waals surface area contributed by atoms with Crippen molar-refractivity contribution in [3.8, 4) is 11.5 Å². The van der Waals surface area contributed by atoms with Crippen LogP contribution >= 0.6 is 0 Å². The molecule has 0 atom stereocenters. The number of carbonyl (C=O) groups is 2. The Bertz CT molecular complexity index is 787. The zero-order valence-electron chi connectivity index (χ0n) is 15.5. The molecule has 138 valence electrons. The normalized spacial score (nSPS) is 10.3. The van der Waals surface area contributed by atoms with Gasteiger partial charge in [0.1, 0.15) is 0 Å². The first-order chi connectivity index (χ1) is 12.4. The molecule has 0 aromatic heterocycles. The molecule has 0 spiro atoms. The molecule has 0 bridgehead atoms. The van der Waals surface area contributed by atoms with Gasteiger partial charge in [-0.3, -0.25) is 9.59 Å². The topological polar surface area (TPSA) is 76.7 Å². The summed E-state index contributed by atoms with van der Waals surface area (Å²) >= 11 is 0. The molecule has 2 N–H and O–H groups in total. The van der Waals surface area contributed by atoms with Crippen molar-refractivity contribution in [3.05, 3.63) is 48.0 Å². The Hall–Kier alpha value is -3.02. The third kappa shape index (κ3) is 5.51. The van der Waals surface area contributed by atoms with Gasteiger partial charge < -0.3 is 20.1 Å². The molecule has 0 saturated carbocycles. The van der Waals surface area contributed by atoms with Crippen molar-refractivity contribution in [2.45, 2.75) is 20.8 Å². The highest BCUT2D eigenvalue weighted by atomic mass is 16.5. The molecular formula is C20H24N2O4. The summed E-state index contributed by atoms with van der Waals surface area (Å²) in [5.74, 6) is 0.580. The van der Waals surface area contributed by atoms with E-state index in [9.17, 15) is 9.59 Å². The van der Waals surface area contributed by atoms with E-state index in [0.29, 0.717) is 22.9 Å². The van der Waals surface area contributed by atoms with Crippen LogP contribution in [-0.2, 0) is 9.59 Å². The van der Waals surface area contributed by atoms with E-state index in [0.717, 1.165) is 5.56 Å². The van der Waals surface area contributed by atoms with E-state index >= 15 is 0 Å². The molecule has 0 aliphatic carbocycles. The Balaban J connectivity index is 1.95. The Kier molecular flexibility index (Phi) is 6.60. The smallest absolute Gasteiger partial charge is 0.262 e. The second-order valence-corrected chi connectivity index (χ2v) is 6.22. The minimum absolute atomic E-state index is 0.0803. The largest absolute Gasteiger partial charge is 0.493 e. The van der Waals surface area contributed by atoms with Crippen molar-refractivity contribution in [1.29, 1.82) is 0 Å². The lowest BCUT2D eigenvalue weighted by Crippen LogP contribution is -2.21. The molecular weight excluding hydrogens is 332 g/mol. The predicted molar refractivity (Wildman–Crippen MR) is 102 cm³/mol. The monoisotopic (exact) mass is 356 g/mol. The highest BCUT2D eigenvalue weighted by molar-refractivity contribution is 5.95. The first kappa shape index (κ1) is 19.3. The van der Waals surface area contributed by atoms with Gasteiger partial charge in [-0.25, -0.2) is 0 Å². The molecule has 0 aliphatic heterocycles. The number of rotatable bonds is 7. The van der Waals surface area contributed by atoms with Gasteiger partial charge in [0.15, 0.2) is 18.1 Å². The summed E-state index contributed by atoms with van der Waals surface area (Å²) in [5.41, 5.74) is 2.25. The van der Waals surface area contributed by atoms with Gasteiger partial charge >= 0.3 is 0 Å². The summed E-state index contributed by atoms with van der Waals surface area (Å²) < 4.78 is 10.8.